The van der Waals surface area contributed by atoms with Crippen molar-refractivity contribution in [2.24, 2.45) is 0 Å². The maximum atomic E-state index is 6.60. The van der Waals surface area contributed by atoms with E-state index >= 15 is 0 Å². The van der Waals surface area contributed by atoms with E-state index in [-0.39, 0.29) is 12.3 Å². The van der Waals surface area contributed by atoms with Crippen molar-refractivity contribution >= 4 is 34.1 Å². The first kappa shape index (κ1) is 26.3. The van der Waals surface area contributed by atoms with Crippen LogP contribution in [0.3, 0.4) is 0 Å². The van der Waals surface area contributed by atoms with Crippen molar-refractivity contribution in [3.05, 3.63) is 64.0 Å². The van der Waals surface area contributed by atoms with Gasteiger partial charge in [-0.25, -0.2) is 9.67 Å². The fraction of sp³-hybridized carbons (Fsp3) is 0.414. The van der Waals surface area contributed by atoms with Gasteiger partial charge >= 0.3 is 0 Å². The fourth-order valence-electron chi connectivity index (χ4n) is 5.16. The molecule has 0 N–H and O–H groups in total. The van der Waals surface area contributed by atoms with Crippen LogP contribution in [0.2, 0.25) is 10.0 Å². The molecule has 2 aliphatic heterocycles. The molecule has 4 aromatic rings. The van der Waals surface area contributed by atoms with Crippen molar-refractivity contribution < 1.29 is 18.9 Å². The third kappa shape index (κ3) is 5.31. The zero-order valence-corrected chi connectivity index (χ0v) is 23.4. The number of hydrogen-bond acceptors (Lipinski definition) is 7. The standard InChI is InChI=1S/C29H30Cl2N4O4/c1-17-28(31)26(21(30)15-32-17)18(2)38-23-7-5-6-22-27(23)29(34-35(22)25-8-3-4-12-37-25)19-9-10-24(33-14-19)39-20-11-13-36-16-20/h5-7,9-10,14-15,18,20,25H,3-4,8,11-13,16H2,1-2H3/t18-,20-,25?/m1/s1. The Morgan fingerprint density at radius 3 is 2.69 bits per heavy atom. The van der Waals surface area contributed by atoms with Crippen LogP contribution < -0.4 is 9.47 Å². The SMILES string of the molecule is Cc1ncc(Cl)c([C@@H](C)Oc2cccc3c2c(-c2ccc(O[C@@H]4CCOC4)nc2)nn3C2CCCCO2)c1Cl. The fourth-order valence-corrected chi connectivity index (χ4v) is 5.81. The van der Waals surface area contributed by atoms with Gasteiger partial charge in [-0.05, 0) is 51.3 Å². The molecule has 1 unspecified atom stereocenters. The van der Waals surface area contributed by atoms with E-state index in [9.17, 15) is 0 Å². The molecule has 5 heterocycles. The largest absolute Gasteiger partial charge is 0.485 e. The van der Waals surface area contributed by atoms with E-state index in [1.165, 1.54) is 0 Å². The lowest BCUT2D eigenvalue weighted by Gasteiger charge is -2.23. The summed E-state index contributed by atoms with van der Waals surface area (Å²) in [5.74, 6) is 1.23. The molecule has 2 fully saturated rings. The summed E-state index contributed by atoms with van der Waals surface area (Å²) >= 11 is 13.1. The lowest BCUT2D eigenvalue weighted by molar-refractivity contribution is -0.0365. The summed E-state index contributed by atoms with van der Waals surface area (Å²) in [6.07, 6.45) is 6.76. The maximum absolute atomic E-state index is 6.60. The monoisotopic (exact) mass is 568 g/mol. The van der Waals surface area contributed by atoms with Crippen LogP contribution in [0, 0.1) is 6.92 Å². The van der Waals surface area contributed by atoms with Gasteiger partial charge in [0.15, 0.2) is 6.23 Å². The van der Waals surface area contributed by atoms with E-state index in [0.717, 1.165) is 47.8 Å². The first-order chi connectivity index (χ1) is 19.0. The van der Waals surface area contributed by atoms with E-state index in [1.807, 2.05) is 48.9 Å². The van der Waals surface area contributed by atoms with Crippen molar-refractivity contribution in [2.45, 2.75) is 58.0 Å². The van der Waals surface area contributed by atoms with Crippen LogP contribution in [0.15, 0.2) is 42.7 Å². The molecule has 1 aromatic carbocycles. The third-order valence-electron chi connectivity index (χ3n) is 7.20. The van der Waals surface area contributed by atoms with E-state index in [4.69, 9.17) is 47.2 Å². The Morgan fingerprint density at radius 1 is 1.05 bits per heavy atom. The van der Waals surface area contributed by atoms with Gasteiger partial charge in [-0.3, -0.25) is 4.98 Å². The zero-order valence-electron chi connectivity index (χ0n) is 21.9. The van der Waals surface area contributed by atoms with Crippen molar-refractivity contribution in [3.8, 4) is 22.9 Å². The van der Waals surface area contributed by atoms with Gasteiger partial charge in [-0.2, -0.15) is 5.10 Å². The number of ether oxygens (including phenoxy) is 4. The molecule has 8 nitrogen and oxygen atoms in total. The van der Waals surface area contributed by atoms with Crippen LogP contribution in [0.1, 0.15) is 56.2 Å². The average Bonchev–Trinajstić information content (AvgIpc) is 3.61. The van der Waals surface area contributed by atoms with Gasteiger partial charge in [0.2, 0.25) is 5.88 Å². The van der Waals surface area contributed by atoms with Gasteiger partial charge in [0, 0.05) is 42.6 Å². The molecule has 10 heteroatoms. The summed E-state index contributed by atoms with van der Waals surface area (Å²) in [7, 11) is 0. The molecule has 2 aliphatic rings. The van der Waals surface area contributed by atoms with Crippen LogP contribution in [-0.2, 0) is 9.47 Å². The molecular weight excluding hydrogens is 539 g/mol. The first-order valence-corrected chi connectivity index (χ1v) is 14.1. The van der Waals surface area contributed by atoms with Crippen molar-refractivity contribution in [1.29, 1.82) is 0 Å². The van der Waals surface area contributed by atoms with Gasteiger partial charge in [0.05, 0.1) is 39.9 Å². The minimum absolute atomic E-state index is 0.0313. The highest BCUT2D eigenvalue weighted by atomic mass is 35.5. The molecule has 0 radical (unpaired) electrons. The number of nitrogens with zero attached hydrogens (tertiary/aromatic N) is 4. The first-order valence-electron chi connectivity index (χ1n) is 13.3. The highest BCUT2D eigenvalue weighted by molar-refractivity contribution is 6.36. The van der Waals surface area contributed by atoms with Gasteiger partial charge in [-0.1, -0.05) is 29.3 Å². The Labute approximate surface area is 237 Å². The molecule has 0 amide bonds. The molecule has 0 spiro atoms. The summed E-state index contributed by atoms with van der Waals surface area (Å²) in [6, 6.07) is 9.81. The van der Waals surface area contributed by atoms with Gasteiger partial charge in [0.1, 0.15) is 23.7 Å². The normalized spacial score (nSPS) is 20.3. The number of benzene rings is 1. The van der Waals surface area contributed by atoms with Crippen molar-refractivity contribution in [1.82, 2.24) is 19.7 Å². The van der Waals surface area contributed by atoms with Crippen LogP contribution >= 0.6 is 23.2 Å². The quantitative estimate of drug-likeness (QED) is 0.235. The minimum Gasteiger partial charge on any atom is -0.485 e. The topological polar surface area (TPSA) is 80.5 Å². The lowest BCUT2D eigenvalue weighted by atomic mass is 10.1. The molecular formula is C29H30Cl2N4O4. The van der Waals surface area contributed by atoms with Crippen LogP contribution in [0.25, 0.3) is 22.2 Å². The molecule has 6 rings (SSSR count). The predicted molar refractivity (Wildman–Crippen MR) is 150 cm³/mol. The molecule has 0 aliphatic carbocycles. The molecule has 39 heavy (non-hydrogen) atoms. The number of aryl methyl sites for hydroxylation is 1. The average molecular weight is 569 g/mol. The van der Waals surface area contributed by atoms with E-state index in [0.29, 0.717) is 52.8 Å². The Balaban J connectivity index is 1.41. The van der Waals surface area contributed by atoms with Crippen molar-refractivity contribution in [3.63, 3.8) is 0 Å². The molecule has 0 saturated carbocycles. The molecule has 2 saturated heterocycles. The zero-order chi connectivity index (χ0) is 26.9. The molecule has 0 bridgehead atoms. The Morgan fingerprint density at radius 2 is 1.95 bits per heavy atom. The second kappa shape index (κ2) is 11.3. The van der Waals surface area contributed by atoms with E-state index in [2.05, 4.69) is 9.97 Å². The van der Waals surface area contributed by atoms with Crippen LogP contribution in [0.5, 0.6) is 11.6 Å². The molecule has 3 aromatic heterocycles. The highest BCUT2D eigenvalue weighted by Crippen LogP contribution is 2.41. The number of rotatable bonds is 7. The third-order valence-corrected chi connectivity index (χ3v) is 7.98. The summed E-state index contributed by atoms with van der Waals surface area (Å²) < 4.78 is 26.0. The van der Waals surface area contributed by atoms with Crippen LogP contribution in [-0.4, -0.2) is 45.7 Å². The number of fused-ring (bicyclic) bond motifs is 1. The Kier molecular flexibility index (Phi) is 7.62. The number of hydrogen-bond donors (Lipinski definition) is 0. The number of pyridine rings is 2. The van der Waals surface area contributed by atoms with E-state index in [1.54, 1.807) is 12.4 Å². The van der Waals surface area contributed by atoms with E-state index < -0.39 is 6.10 Å². The Hall–Kier alpha value is -2.91. The summed E-state index contributed by atoms with van der Waals surface area (Å²) in [4.78, 5) is 8.83. The number of aromatic nitrogens is 4. The second-order valence-electron chi connectivity index (χ2n) is 9.93. The lowest BCUT2D eigenvalue weighted by Crippen LogP contribution is -2.19. The summed E-state index contributed by atoms with van der Waals surface area (Å²) in [5.41, 5.74) is 3.93. The second-order valence-corrected chi connectivity index (χ2v) is 10.7. The smallest absolute Gasteiger partial charge is 0.213 e. The summed E-state index contributed by atoms with van der Waals surface area (Å²) in [6.45, 7) is 5.80. The predicted octanol–water partition coefficient (Wildman–Crippen LogP) is 7.12. The summed E-state index contributed by atoms with van der Waals surface area (Å²) in [5, 5.41) is 6.89. The molecule has 204 valence electrons. The van der Waals surface area contributed by atoms with Crippen molar-refractivity contribution in [2.75, 3.05) is 19.8 Å². The van der Waals surface area contributed by atoms with Gasteiger partial charge < -0.3 is 18.9 Å². The highest BCUT2D eigenvalue weighted by Gasteiger charge is 2.26. The Bertz CT molecular complexity index is 1460. The van der Waals surface area contributed by atoms with Gasteiger partial charge in [-0.15, -0.1) is 0 Å². The number of halogens is 2. The maximum Gasteiger partial charge on any atom is 0.213 e. The van der Waals surface area contributed by atoms with Crippen LogP contribution in [0.4, 0.5) is 0 Å². The van der Waals surface area contributed by atoms with Gasteiger partial charge in [0.25, 0.3) is 0 Å². The minimum atomic E-state index is -0.429. The molecule has 3 atom stereocenters.